The highest BCUT2D eigenvalue weighted by Gasteiger charge is 2.07. The van der Waals surface area contributed by atoms with Gasteiger partial charge >= 0.3 is 0 Å². The molecule has 0 saturated heterocycles. The molecule has 0 bridgehead atoms. The molecular weight excluding hydrogens is 280 g/mol. The minimum Gasteiger partial charge on any atom is -0.496 e. The minimum atomic E-state index is 0.227. The van der Waals surface area contributed by atoms with Gasteiger partial charge in [0, 0.05) is 17.3 Å². The first-order chi connectivity index (χ1) is 8.19. The van der Waals surface area contributed by atoms with Crippen LogP contribution < -0.4 is 4.74 Å². The average Bonchev–Trinajstić information content (AvgIpc) is 2.34. The number of carbonyl (C=O) groups excluding carboxylic acids is 1. The smallest absolute Gasteiger partial charge is 0.162 e. The molecule has 94 valence electrons. The Balaban J connectivity index is 2.54. The van der Waals surface area contributed by atoms with E-state index in [-0.39, 0.29) is 5.78 Å². The van der Waals surface area contributed by atoms with Crippen LogP contribution in [0.25, 0.3) is 0 Å². The number of carbonyl (C=O) groups is 1. The normalized spacial score (nSPS) is 10.3. The fraction of sp³-hybridized carbons (Fsp3) is 0.500. The topological polar surface area (TPSA) is 26.3 Å². The predicted molar refractivity (Wildman–Crippen MR) is 74.3 cm³/mol. The van der Waals surface area contributed by atoms with Crippen molar-refractivity contribution in [2.24, 2.45) is 0 Å². The van der Waals surface area contributed by atoms with Gasteiger partial charge in [-0.3, -0.25) is 4.79 Å². The van der Waals surface area contributed by atoms with Crippen LogP contribution in [-0.4, -0.2) is 18.2 Å². The number of Topliss-reactive ketones (excluding diaryl/α,β-unsaturated/α-hetero) is 1. The van der Waals surface area contributed by atoms with E-state index in [1.54, 1.807) is 7.11 Å². The average molecular weight is 299 g/mol. The highest BCUT2D eigenvalue weighted by atomic mass is 79.9. The number of hydrogen-bond acceptors (Lipinski definition) is 2. The fourth-order valence-electron chi connectivity index (χ4n) is 1.75. The van der Waals surface area contributed by atoms with E-state index in [9.17, 15) is 4.79 Å². The number of methoxy groups -OCH3 is 1. The molecule has 0 amide bonds. The Morgan fingerprint density at radius 3 is 2.65 bits per heavy atom. The lowest BCUT2D eigenvalue weighted by Gasteiger charge is -2.06. The van der Waals surface area contributed by atoms with Gasteiger partial charge in [0.15, 0.2) is 5.78 Å². The highest BCUT2D eigenvalue weighted by Crippen LogP contribution is 2.19. The number of alkyl halides is 1. The zero-order valence-electron chi connectivity index (χ0n) is 10.5. The predicted octanol–water partition coefficient (Wildman–Crippen LogP) is 4.14. The van der Waals surface area contributed by atoms with Crippen molar-refractivity contribution in [2.45, 2.75) is 32.6 Å². The van der Waals surface area contributed by atoms with Crippen LogP contribution in [0, 0.1) is 6.92 Å². The van der Waals surface area contributed by atoms with Crippen molar-refractivity contribution >= 4 is 21.7 Å². The number of ether oxygens (including phenoxy) is 1. The molecule has 0 aliphatic carbocycles. The summed E-state index contributed by atoms with van der Waals surface area (Å²) < 4.78 is 5.18. The Morgan fingerprint density at radius 1 is 1.29 bits per heavy atom. The molecule has 0 N–H and O–H groups in total. The SMILES string of the molecule is COc1ccc(C(=O)CCCCCBr)cc1C. The molecule has 17 heavy (non-hydrogen) atoms. The Labute approximate surface area is 111 Å². The van der Waals surface area contributed by atoms with Crippen molar-refractivity contribution in [2.75, 3.05) is 12.4 Å². The first-order valence-corrected chi connectivity index (χ1v) is 7.05. The third kappa shape index (κ3) is 4.50. The summed E-state index contributed by atoms with van der Waals surface area (Å²) in [6, 6.07) is 5.62. The molecule has 0 aromatic heterocycles. The lowest BCUT2D eigenvalue weighted by Crippen LogP contribution is -2.00. The minimum absolute atomic E-state index is 0.227. The number of ketones is 1. The van der Waals surface area contributed by atoms with Crippen LogP contribution in [0.3, 0.4) is 0 Å². The Kier molecular flexibility index (Phi) is 6.27. The molecule has 0 atom stereocenters. The van der Waals surface area contributed by atoms with Gasteiger partial charge in [0.1, 0.15) is 5.75 Å². The molecule has 1 aromatic rings. The summed E-state index contributed by atoms with van der Waals surface area (Å²) in [4.78, 5) is 11.9. The van der Waals surface area contributed by atoms with Crippen LogP contribution >= 0.6 is 15.9 Å². The van der Waals surface area contributed by atoms with Crippen molar-refractivity contribution in [3.05, 3.63) is 29.3 Å². The number of hydrogen-bond donors (Lipinski definition) is 0. The second kappa shape index (κ2) is 7.49. The second-order valence-corrected chi connectivity index (χ2v) is 4.90. The highest BCUT2D eigenvalue weighted by molar-refractivity contribution is 9.09. The van der Waals surface area contributed by atoms with E-state index in [0.29, 0.717) is 6.42 Å². The molecule has 0 saturated carbocycles. The molecule has 0 radical (unpaired) electrons. The van der Waals surface area contributed by atoms with E-state index in [4.69, 9.17) is 4.74 Å². The standard InChI is InChI=1S/C14H19BrO2/c1-11-10-12(7-8-14(11)17-2)13(16)6-4-3-5-9-15/h7-8,10H,3-6,9H2,1-2H3. The fourth-order valence-corrected chi connectivity index (χ4v) is 2.15. The number of aryl methyl sites for hydroxylation is 1. The lowest BCUT2D eigenvalue weighted by molar-refractivity contribution is 0.0979. The van der Waals surface area contributed by atoms with Gasteiger partial charge in [0.05, 0.1) is 7.11 Å². The van der Waals surface area contributed by atoms with Crippen LogP contribution in [0.2, 0.25) is 0 Å². The summed E-state index contributed by atoms with van der Waals surface area (Å²) in [5.41, 5.74) is 1.81. The summed E-state index contributed by atoms with van der Waals surface area (Å²) in [6.07, 6.45) is 3.84. The van der Waals surface area contributed by atoms with Gasteiger partial charge in [-0.15, -0.1) is 0 Å². The summed E-state index contributed by atoms with van der Waals surface area (Å²) in [5.74, 6) is 1.06. The van der Waals surface area contributed by atoms with Crippen LogP contribution in [0.15, 0.2) is 18.2 Å². The summed E-state index contributed by atoms with van der Waals surface area (Å²) >= 11 is 3.39. The number of halogens is 1. The van der Waals surface area contributed by atoms with Gasteiger partial charge in [-0.25, -0.2) is 0 Å². The van der Waals surface area contributed by atoms with Crippen LogP contribution in [0.5, 0.6) is 5.75 Å². The first-order valence-electron chi connectivity index (χ1n) is 5.93. The van der Waals surface area contributed by atoms with E-state index in [2.05, 4.69) is 15.9 Å². The van der Waals surface area contributed by atoms with Crippen molar-refractivity contribution in [1.82, 2.24) is 0 Å². The number of benzene rings is 1. The monoisotopic (exact) mass is 298 g/mol. The molecule has 3 heteroatoms. The Morgan fingerprint density at radius 2 is 2.06 bits per heavy atom. The van der Waals surface area contributed by atoms with Crippen LogP contribution in [0.1, 0.15) is 41.6 Å². The van der Waals surface area contributed by atoms with Gasteiger partial charge < -0.3 is 4.74 Å². The number of unbranched alkanes of at least 4 members (excludes halogenated alkanes) is 2. The van der Waals surface area contributed by atoms with Gasteiger partial charge in [0.2, 0.25) is 0 Å². The summed E-state index contributed by atoms with van der Waals surface area (Å²) in [6.45, 7) is 1.96. The zero-order valence-corrected chi connectivity index (χ0v) is 12.0. The van der Waals surface area contributed by atoms with E-state index < -0.39 is 0 Å². The first kappa shape index (κ1) is 14.2. The second-order valence-electron chi connectivity index (χ2n) is 4.11. The third-order valence-electron chi connectivity index (χ3n) is 2.75. The van der Waals surface area contributed by atoms with Crippen molar-refractivity contribution in [1.29, 1.82) is 0 Å². The molecule has 1 rings (SSSR count). The lowest BCUT2D eigenvalue weighted by atomic mass is 10.0. The molecule has 0 unspecified atom stereocenters. The van der Waals surface area contributed by atoms with Crippen LogP contribution in [-0.2, 0) is 0 Å². The van der Waals surface area contributed by atoms with Crippen molar-refractivity contribution in [3.63, 3.8) is 0 Å². The van der Waals surface area contributed by atoms with Crippen molar-refractivity contribution < 1.29 is 9.53 Å². The summed E-state index contributed by atoms with van der Waals surface area (Å²) in [5, 5.41) is 1.02. The van der Waals surface area contributed by atoms with Crippen molar-refractivity contribution in [3.8, 4) is 5.75 Å². The van der Waals surface area contributed by atoms with E-state index in [1.165, 1.54) is 0 Å². The Bertz CT molecular complexity index is 374. The molecule has 0 heterocycles. The molecule has 0 spiro atoms. The quantitative estimate of drug-likeness (QED) is 0.429. The van der Waals surface area contributed by atoms with Gasteiger partial charge in [0.25, 0.3) is 0 Å². The maximum Gasteiger partial charge on any atom is 0.162 e. The Hall–Kier alpha value is -0.830. The molecule has 0 aliphatic rings. The maximum atomic E-state index is 11.9. The van der Waals surface area contributed by atoms with Gasteiger partial charge in [-0.2, -0.15) is 0 Å². The largest absolute Gasteiger partial charge is 0.496 e. The van der Waals surface area contributed by atoms with E-state index >= 15 is 0 Å². The van der Waals surface area contributed by atoms with Crippen LogP contribution in [0.4, 0.5) is 0 Å². The molecule has 0 aliphatic heterocycles. The van der Waals surface area contributed by atoms with Gasteiger partial charge in [-0.1, -0.05) is 22.4 Å². The molecular formula is C14H19BrO2. The third-order valence-corrected chi connectivity index (χ3v) is 3.32. The zero-order chi connectivity index (χ0) is 12.7. The molecule has 2 nitrogen and oxygen atoms in total. The molecule has 1 aromatic carbocycles. The maximum absolute atomic E-state index is 11.9. The number of rotatable bonds is 7. The summed E-state index contributed by atoms with van der Waals surface area (Å²) in [7, 11) is 1.64. The van der Waals surface area contributed by atoms with Gasteiger partial charge in [-0.05, 0) is 43.5 Å². The molecule has 0 fully saturated rings. The van der Waals surface area contributed by atoms with E-state index in [1.807, 2.05) is 25.1 Å². The van der Waals surface area contributed by atoms with E-state index in [0.717, 1.165) is 41.5 Å².